The van der Waals surface area contributed by atoms with Crippen LogP contribution in [0.15, 0.2) is 42.5 Å². The van der Waals surface area contributed by atoms with Gasteiger partial charge in [0.15, 0.2) is 17.8 Å². The minimum Gasteiger partial charge on any atom is -0.493 e. The highest BCUT2D eigenvalue weighted by Crippen LogP contribution is 2.29. The third-order valence-corrected chi connectivity index (χ3v) is 2.77. The number of methoxy groups -OCH3 is 1. The van der Waals surface area contributed by atoms with Crippen LogP contribution in [-0.2, 0) is 0 Å². The molecule has 0 atom stereocenters. The SMILES string of the molecule is COc1cccc(C=O)c1OCCOc1ccc(F)cc1. The molecule has 21 heavy (non-hydrogen) atoms. The number of hydrogen-bond acceptors (Lipinski definition) is 4. The van der Waals surface area contributed by atoms with E-state index in [1.165, 1.54) is 31.4 Å². The average Bonchev–Trinajstić information content (AvgIpc) is 2.53. The van der Waals surface area contributed by atoms with Gasteiger partial charge in [-0.25, -0.2) is 4.39 Å². The first-order valence-corrected chi connectivity index (χ1v) is 6.38. The van der Waals surface area contributed by atoms with Gasteiger partial charge in [-0.15, -0.1) is 0 Å². The summed E-state index contributed by atoms with van der Waals surface area (Å²) < 4.78 is 28.8. The molecule has 0 aliphatic heterocycles. The fourth-order valence-corrected chi connectivity index (χ4v) is 1.77. The Morgan fingerprint density at radius 3 is 2.43 bits per heavy atom. The minimum atomic E-state index is -0.316. The van der Waals surface area contributed by atoms with Crippen LogP contribution in [0.4, 0.5) is 4.39 Å². The molecule has 2 aromatic rings. The molecule has 0 aromatic heterocycles. The van der Waals surface area contributed by atoms with E-state index in [0.29, 0.717) is 29.1 Å². The molecule has 0 radical (unpaired) electrons. The Labute approximate surface area is 122 Å². The first-order valence-electron chi connectivity index (χ1n) is 6.38. The van der Waals surface area contributed by atoms with E-state index in [1.807, 2.05) is 0 Å². The van der Waals surface area contributed by atoms with Crippen molar-refractivity contribution in [3.8, 4) is 17.2 Å². The van der Waals surface area contributed by atoms with Crippen LogP contribution >= 0.6 is 0 Å². The van der Waals surface area contributed by atoms with Crippen molar-refractivity contribution in [3.63, 3.8) is 0 Å². The lowest BCUT2D eigenvalue weighted by atomic mass is 10.2. The number of benzene rings is 2. The molecule has 0 saturated carbocycles. The number of halogens is 1. The molecule has 4 nitrogen and oxygen atoms in total. The monoisotopic (exact) mass is 290 g/mol. The number of para-hydroxylation sites is 1. The van der Waals surface area contributed by atoms with Gasteiger partial charge >= 0.3 is 0 Å². The van der Waals surface area contributed by atoms with Gasteiger partial charge in [0, 0.05) is 0 Å². The van der Waals surface area contributed by atoms with Gasteiger partial charge in [0.05, 0.1) is 12.7 Å². The number of rotatable bonds is 7. The van der Waals surface area contributed by atoms with E-state index >= 15 is 0 Å². The molecule has 2 aromatic carbocycles. The summed E-state index contributed by atoms with van der Waals surface area (Å²) in [6.45, 7) is 0.501. The van der Waals surface area contributed by atoms with Crippen LogP contribution in [0.2, 0.25) is 0 Å². The summed E-state index contributed by atoms with van der Waals surface area (Å²) in [7, 11) is 1.51. The molecule has 0 fully saturated rings. The quantitative estimate of drug-likeness (QED) is 0.580. The van der Waals surface area contributed by atoms with Crippen molar-refractivity contribution >= 4 is 6.29 Å². The Hall–Kier alpha value is -2.56. The zero-order valence-corrected chi connectivity index (χ0v) is 11.5. The highest BCUT2D eigenvalue weighted by Gasteiger charge is 2.09. The van der Waals surface area contributed by atoms with Gasteiger partial charge in [-0.1, -0.05) is 6.07 Å². The van der Waals surface area contributed by atoms with Crippen LogP contribution < -0.4 is 14.2 Å². The van der Waals surface area contributed by atoms with E-state index in [4.69, 9.17) is 14.2 Å². The van der Waals surface area contributed by atoms with Crippen molar-refractivity contribution in [1.82, 2.24) is 0 Å². The van der Waals surface area contributed by atoms with Gasteiger partial charge in [-0.05, 0) is 36.4 Å². The third-order valence-electron chi connectivity index (χ3n) is 2.77. The van der Waals surface area contributed by atoms with Gasteiger partial charge < -0.3 is 14.2 Å². The first kappa shape index (κ1) is 14.8. The molecular formula is C16H15FO4. The Kier molecular flexibility index (Phi) is 5.15. The van der Waals surface area contributed by atoms with E-state index in [9.17, 15) is 9.18 Å². The van der Waals surface area contributed by atoms with Crippen LogP contribution in [-0.4, -0.2) is 26.6 Å². The number of ether oxygens (including phenoxy) is 3. The molecule has 0 bridgehead atoms. The van der Waals surface area contributed by atoms with Gasteiger partial charge in [-0.3, -0.25) is 4.79 Å². The van der Waals surface area contributed by atoms with Crippen molar-refractivity contribution in [2.24, 2.45) is 0 Å². The average molecular weight is 290 g/mol. The standard InChI is InChI=1S/C16H15FO4/c1-19-15-4-2-3-12(11-18)16(15)21-10-9-20-14-7-5-13(17)6-8-14/h2-8,11H,9-10H2,1H3. The molecular weight excluding hydrogens is 275 g/mol. The van der Waals surface area contributed by atoms with Crippen LogP contribution in [0, 0.1) is 5.82 Å². The van der Waals surface area contributed by atoms with E-state index in [-0.39, 0.29) is 19.0 Å². The van der Waals surface area contributed by atoms with Crippen LogP contribution in [0.1, 0.15) is 10.4 Å². The Bertz CT molecular complexity index is 596. The van der Waals surface area contributed by atoms with Gasteiger partial charge in [-0.2, -0.15) is 0 Å². The number of hydrogen-bond donors (Lipinski definition) is 0. The fourth-order valence-electron chi connectivity index (χ4n) is 1.77. The van der Waals surface area contributed by atoms with Gasteiger partial charge in [0.1, 0.15) is 24.8 Å². The van der Waals surface area contributed by atoms with Crippen molar-refractivity contribution < 1.29 is 23.4 Å². The summed E-state index contributed by atoms with van der Waals surface area (Å²) in [5.74, 6) is 1.11. The maximum atomic E-state index is 12.7. The number of aldehydes is 1. The van der Waals surface area contributed by atoms with E-state index in [0.717, 1.165) is 0 Å². The maximum absolute atomic E-state index is 12.7. The molecule has 0 aliphatic carbocycles. The lowest BCUT2D eigenvalue weighted by molar-refractivity contribution is 0.111. The zero-order chi connectivity index (χ0) is 15.1. The van der Waals surface area contributed by atoms with E-state index in [2.05, 4.69) is 0 Å². The predicted octanol–water partition coefficient (Wildman–Crippen LogP) is 3.10. The van der Waals surface area contributed by atoms with Crippen molar-refractivity contribution in [1.29, 1.82) is 0 Å². The smallest absolute Gasteiger partial charge is 0.171 e. The van der Waals surface area contributed by atoms with Crippen molar-refractivity contribution in [2.45, 2.75) is 0 Å². The molecule has 0 unspecified atom stereocenters. The first-order chi connectivity index (χ1) is 10.2. The number of carbonyl (C=O) groups is 1. The summed E-state index contributed by atoms with van der Waals surface area (Å²) in [5.41, 5.74) is 0.413. The second kappa shape index (κ2) is 7.28. The summed E-state index contributed by atoms with van der Waals surface area (Å²) in [5, 5.41) is 0. The molecule has 0 heterocycles. The Morgan fingerprint density at radius 2 is 1.76 bits per heavy atom. The third kappa shape index (κ3) is 3.95. The minimum absolute atomic E-state index is 0.235. The molecule has 110 valence electrons. The lowest BCUT2D eigenvalue weighted by Crippen LogP contribution is -2.10. The summed E-state index contributed by atoms with van der Waals surface area (Å²) in [4.78, 5) is 11.0. The molecule has 2 rings (SSSR count). The summed E-state index contributed by atoms with van der Waals surface area (Å²) in [6.07, 6.45) is 0.707. The van der Waals surface area contributed by atoms with Crippen LogP contribution in [0.25, 0.3) is 0 Å². The summed E-state index contributed by atoms with van der Waals surface area (Å²) >= 11 is 0. The highest BCUT2D eigenvalue weighted by atomic mass is 19.1. The molecule has 0 amide bonds. The van der Waals surface area contributed by atoms with Crippen molar-refractivity contribution in [2.75, 3.05) is 20.3 Å². The molecule has 0 N–H and O–H groups in total. The Balaban J connectivity index is 1.91. The lowest BCUT2D eigenvalue weighted by Gasteiger charge is -2.13. The number of carbonyl (C=O) groups excluding carboxylic acids is 1. The Morgan fingerprint density at radius 1 is 1.05 bits per heavy atom. The van der Waals surface area contributed by atoms with E-state index in [1.54, 1.807) is 18.2 Å². The second-order valence-corrected chi connectivity index (χ2v) is 4.15. The molecule has 0 saturated heterocycles. The molecule has 0 spiro atoms. The zero-order valence-electron chi connectivity index (χ0n) is 11.5. The highest BCUT2D eigenvalue weighted by molar-refractivity contribution is 5.81. The van der Waals surface area contributed by atoms with Gasteiger partial charge in [0.2, 0.25) is 0 Å². The normalized spacial score (nSPS) is 10.0. The fraction of sp³-hybridized carbons (Fsp3) is 0.188. The molecule has 0 aliphatic rings. The largest absolute Gasteiger partial charge is 0.493 e. The van der Waals surface area contributed by atoms with Crippen molar-refractivity contribution in [3.05, 3.63) is 53.8 Å². The van der Waals surface area contributed by atoms with Crippen LogP contribution in [0.5, 0.6) is 17.2 Å². The van der Waals surface area contributed by atoms with Crippen LogP contribution in [0.3, 0.4) is 0 Å². The summed E-state index contributed by atoms with van der Waals surface area (Å²) in [6, 6.07) is 10.8. The van der Waals surface area contributed by atoms with Gasteiger partial charge in [0.25, 0.3) is 0 Å². The maximum Gasteiger partial charge on any atom is 0.171 e. The predicted molar refractivity (Wildman–Crippen MR) is 75.8 cm³/mol. The second-order valence-electron chi connectivity index (χ2n) is 4.15. The van der Waals surface area contributed by atoms with E-state index < -0.39 is 0 Å². The molecule has 5 heteroatoms. The topological polar surface area (TPSA) is 44.8 Å².